The Morgan fingerprint density at radius 2 is 2.03 bits per heavy atom. The number of nitrogens with zero attached hydrogens (tertiary/aromatic N) is 2. The van der Waals surface area contributed by atoms with Crippen molar-refractivity contribution in [3.05, 3.63) is 23.3 Å². The molecule has 1 amide bonds. The molecule has 1 fully saturated rings. The lowest BCUT2D eigenvalue weighted by molar-refractivity contribution is -0.122. The normalized spacial score (nSPS) is 18.9. The van der Waals surface area contributed by atoms with E-state index in [0.29, 0.717) is 19.1 Å². The summed E-state index contributed by atoms with van der Waals surface area (Å²) in [5.74, 6) is 2.71. The van der Waals surface area contributed by atoms with Gasteiger partial charge in [0.2, 0.25) is 5.91 Å². The van der Waals surface area contributed by atoms with Crippen LogP contribution < -0.4 is 25.4 Å². The second kappa shape index (κ2) is 13.1. The van der Waals surface area contributed by atoms with Gasteiger partial charge < -0.3 is 25.4 Å². The van der Waals surface area contributed by atoms with Gasteiger partial charge in [0.05, 0.1) is 13.7 Å². The van der Waals surface area contributed by atoms with Crippen molar-refractivity contribution in [1.82, 2.24) is 20.9 Å². The third-order valence-electron chi connectivity index (χ3n) is 5.84. The summed E-state index contributed by atoms with van der Waals surface area (Å²) >= 11 is 0. The summed E-state index contributed by atoms with van der Waals surface area (Å²) < 4.78 is 11.5. The van der Waals surface area contributed by atoms with Crippen LogP contribution in [-0.4, -0.2) is 69.2 Å². The van der Waals surface area contributed by atoms with Crippen LogP contribution in [0.5, 0.6) is 11.5 Å². The van der Waals surface area contributed by atoms with Crippen molar-refractivity contribution in [3.8, 4) is 11.5 Å². The standard InChI is InChI=1S/C23H37N5O3.HI/c1-5-8-25-22(29)15-28-9-6-19(7-10-28)27-23(24-3)26-14-18-13-21-17(11-16(2)31-21)12-20(18)30-4;/h12-13,16,19H,5-11,14-15H2,1-4H3,(H,25,29)(H2,24,26,27);1H. The molecule has 1 aromatic rings. The molecule has 0 aromatic heterocycles. The Morgan fingerprint density at radius 1 is 1.28 bits per heavy atom. The molecule has 8 nitrogen and oxygen atoms in total. The van der Waals surface area contributed by atoms with Gasteiger partial charge in [-0.3, -0.25) is 14.7 Å². The minimum atomic E-state index is 0. The second-order valence-electron chi connectivity index (χ2n) is 8.37. The molecule has 0 spiro atoms. The third kappa shape index (κ3) is 7.40. The molecule has 0 aliphatic carbocycles. The highest BCUT2D eigenvalue weighted by molar-refractivity contribution is 14.0. The molecule has 2 heterocycles. The van der Waals surface area contributed by atoms with E-state index in [9.17, 15) is 4.79 Å². The van der Waals surface area contributed by atoms with E-state index in [0.717, 1.165) is 68.3 Å². The van der Waals surface area contributed by atoms with Crippen LogP contribution in [0, 0.1) is 0 Å². The number of likely N-dealkylation sites (tertiary alicyclic amines) is 1. The number of halogens is 1. The van der Waals surface area contributed by atoms with Crippen LogP contribution in [0.3, 0.4) is 0 Å². The van der Waals surface area contributed by atoms with E-state index in [1.807, 2.05) is 0 Å². The van der Waals surface area contributed by atoms with Gasteiger partial charge in [0.1, 0.15) is 17.6 Å². The van der Waals surface area contributed by atoms with Crippen molar-refractivity contribution in [3.63, 3.8) is 0 Å². The van der Waals surface area contributed by atoms with Crippen molar-refractivity contribution in [1.29, 1.82) is 0 Å². The maximum atomic E-state index is 11.9. The lowest BCUT2D eigenvalue weighted by Gasteiger charge is -2.32. The average Bonchev–Trinajstić information content (AvgIpc) is 3.14. The molecule has 1 unspecified atom stereocenters. The Labute approximate surface area is 208 Å². The minimum absolute atomic E-state index is 0. The number of piperidine rings is 1. The van der Waals surface area contributed by atoms with Crippen LogP contribution in [0.4, 0.5) is 0 Å². The second-order valence-corrected chi connectivity index (χ2v) is 8.37. The molecule has 2 aliphatic rings. The number of aliphatic imine (C=N–C) groups is 1. The van der Waals surface area contributed by atoms with Crippen LogP contribution in [0.25, 0.3) is 0 Å². The molecule has 3 rings (SSSR count). The van der Waals surface area contributed by atoms with Crippen molar-refractivity contribution in [2.75, 3.05) is 40.3 Å². The zero-order valence-electron chi connectivity index (χ0n) is 19.7. The molecule has 180 valence electrons. The van der Waals surface area contributed by atoms with Crippen LogP contribution in [0.15, 0.2) is 17.1 Å². The summed E-state index contributed by atoms with van der Waals surface area (Å²) in [6.07, 6.45) is 4.06. The average molecular weight is 559 g/mol. The van der Waals surface area contributed by atoms with E-state index < -0.39 is 0 Å². The first-order chi connectivity index (χ1) is 15.0. The van der Waals surface area contributed by atoms with Crippen molar-refractivity contribution in [2.24, 2.45) is 4.99 Å². The van der Waals surface area contributed by atoms with E-state index in [4.69, 9.17) is 9.47 Å². The van der Waals surface area contributed by atoms with Gasteiger partial charge in [-0.15, -0.1) is 24.0 Å². The number of carbonyl (C=O) groups excluding carboxylic acids is 1. The van der Waals surface area contributed by atoms with Crippen LogP contribution in [0.2, 0.25) is 0 Å². The molecular formula is C23H38IN5O3. The number of methoxy groups -OCH3 is 1. The molecule has 0 radical (unpaired) electrons. The number of carbonyl (C=O) groups is 1. The quantitative estimate of drug-likeness (QED) is 0.258. The highest BCUT2D eigenvalue weighted by atomic mass is 127. The maximum Gasteiger partial charge on any atom is 0.234 e. The SMILES string of the molecule is CCCNC(=O)CN1CCC(NC(=NC)NCc2cc3c(cc2OC)CC(C)O3)CC1.I. The highest BCUT2D eigenvalue weighted by Gasteiger charge is 2.23. The van der Waals surface area contributed by atoms with Crippen LogP contribution >= 0.6 is 24.0 Å². The van der Waals surface area contributed by atoms with E-state index in [1.54, 1.807) is 14.2 Å². The number of fused-ring (bicyclic) bond motifs is 1. The first-order valence-electron chi connectivity index (χ1n) is 11.3. The molecule has 0 bridgehead atoms. The van der Waals surface area contributed by atoms with Gasteiger partial charge in [-0.25, -0.2) is 0 Å². The Hall–Kier alpha value is -1.75. The number of amides is 1. The molecule has 1 aromatic carbocycles. The fourth-order valence-corrected chi connectivity index (χ4v) is 4.14. The van der Waals surface area contributed by atoms with Gasteiger partial charge in [0, 0.05) is 56.8 Å². The predicted molar refractivity (Wildman–Crippen MR) is 138 cm³/mol. The Kier molecular flexibility index (Phi) is 10.8. The monoisotopic (exact) mass is 559 g/mol. The fourth-order valence-electron chi connectivity index (χ4n) is 4.14. The summed E-state index contributed by atoms with van der Waals surface area (Å²) in [5.41, 5.74) is 2.25. The number of benzene rings is 1. The summed E-state index contributed by atoms with van der Waals surface area (Å²) in [4.78, 5) is 18.5. The number of ether oxygens (including phenoxy) is 2. The smallest absolute Gasteiger partial charge is 0.234 e. The summed E-state index contributed by atoms with van der Waals surface area (Å²) in [5, 5.41) is 9.87. The lowest BCUT2D eigenvalue weighted by atomic mass is 10.1. The zero-order chi connectivity index (χ0) is 22.2. The molecular weight excluding hydrogens is 521 g/mol. The number of hydrogen-bond acceptors (Lipinski definition) is 5. The van der Waals surface area contributed by atoms with E-state index in [2.05, 4.69) is 51.8 Å². The highest BCUT2D eigenvalue weighted by Crippen LogP contribution is 2.34. The Morgan fingerprint density at radius 3 is 2.69 bits per heavy atom. The molecule has 2 aliphatic heterocycles. The fraction of sp³-hybridized carbons (Fsp3) is 0.652. The molecule has 1 atom stereocenters. The van der Waals surface area contributed by atoms with Gasteiger partial charge in [-0.2, -0.15) is 0 Å². The molecule has 32 heavy (non-hydrogen) atoms. The van der Waals surface area contributed by atoms with Gasteiger partial charge in [0.15, 0.2) is 5.96 Å². The number of hydrogen-bond donors (Lipinski definition) is 3. The Balaban J connectivity index is 0.00000363. The Bertz CT molecular complexity index is 781. The molecule has 1 saturated heterocycles. The molecule has 3 N–H and O–H groups in total. The summed E-state index contributed by atoms with van der Waals surface area (Å²) in [6, 6.07) is 4.49. The van der Waals surface area contributed by atoms with E-state index >= 15 is 0 Å². The van der Waals surface area contributed by atoms with Crippen LogP contribution in [-0.2, 0) is 17.8 Å². The van der Waals surface area contributed by atoms with E-state index in [1.165, 1.54) is 5.56 Å². The zero-order valence-corrected chi connectivity index (χ0v) is 22.0. The van der Waals surface area contributed by atoms with Gasteiger partial charge in [0.25, 0.3) is 0 Å². The topological polar surface area (TPSA) is 87.2 Å². The van der Waals surface area contributed by atoms with E-state index in [-0.39, 0.29) is 36.0 Å². The third-order valence-corrected chi connectivity index (χ3v) is 5.84. The minimum Gasteiger partial charge on any atom is -0.496 e. The van der Waals surface area contributed by atoms with Gasteiger partial charge >= 0.3 is 0 Å². The first kappa shape index (κ1) is 26.5. The lowest BCUT2D eigenvalue weighted by Crippen LogP contribution is -2.50. The number of rotatable bonds is 8. The van der Waals surface area contributed by atoms with Crippen molar-refractivity contribution in [2.45, 2.75) is 58.2 Å². The maximum absolute atomic E-state index is 11.9. The van der Waals surface area contributed by atoms with Crippen molar-refractivity contribution < 1.29 is 14.3 Å². The van der Waals surface area contributed by atoms with Gasteiger partial charge in [-0.05, 0) is 38.3 Å². The largest absolute Gasteiger partial charge is 0.496 e. The number of guanidine groups is 1. The van der Waals surface area contributed by atoms with Gasteiger partial charge in [-0.1, -0.05) is 6.92 Å². The molecule has 0 saturated carbocycles. The van der Waals surface area contributed by atoms with Crippen LogP contribution in [0.1, 0.15) is 44.2 Å². The predicted octanol–water partition coefficient (Wildman–Crippen LogP) is 2.29. The van der Waals surface area contributed by atoms with Crippen molar-refractivity contribution >= 4 is 35.8 Å². The first-order valence-corrected chi connectivity index (χ1v) is 11.3. The number of nitrogens with one attached hydrogen (secondary N) is 3. The summed E-state index contributed by atoms with van der Waals surface area (Å²) in [6.45, 7) is 7.79. The molecule has 9 heteroatoms. The summed E-state index contributed by atoms with van der Waals surface area (Å²) in [7, 11) is 3.49.